The zero-order valence-corrected chi connectivity index (χ0v) is 12.3. The van der Waals surface area contributed by atoms with Crippen molar-refractivity contribution in [3.05, 3.63) is 53.9 Å². The summed E-state index contributed by atoms with van der Waals surface area (Å²) >= 11 is 0. The van der Waals surface area contributed by atoms with E-state index in [1.807, 2.05) is 63.7 Å². The summed E-state index contributed by atoms with van der Waals surface area (Å²) in [6, 6.07) is 9.39. The van der Waals surface area contributed by atoms with E-state index in [9.17, 15) is 4.79 Å². The summed E-state index contributed by atoms with van der Waals surface area (Å²) in [6.45, 7) is 2.77. The Labute approximate surface area is 120 Å². The maximum Gasteiger partial charge on any atom is 0.179 e. The first kappa shape index (κ1) is 14.5. The fourth-order valence-electron chi connectivity index (χ4n) is 2.44. The van der Waals surface area contributed by atoms with Crippen molar-refractivity contribution in [2.24, 2.45) is 7.05 Å². The number of carbonyl (C=O) groups excluding carboxylic acids is 1. The zero-order valence-electron chi connectivity index (χ0n) is 12.3. The molecule has 20 heavy (non-hydrogen) atoms. The second-order valence-corrected chi connectivity index (χ2v) is 5.09. The molecule has 0 amide bonds. The number of ketones is 1. The smallest absolute Gasteiger partial charge is 0.179 e. The van der Waals surface area contributed by atoms with Crippen LogP contribution >= 0.6 is 0 Å². The molecule has 2 rings (SSSR count). The highest BCUT2D eigenvalue weighted by atomic mass is 16.1. The van der Waals surface area contributed by atoms with Crippen LogP contribution < -0.4 is 0 Å². The van der Waals surface area contributed by atoms with Gasteiger partial charge in [-0.3, -0.25) is 14.4 Å². The van der Waals surface area contributed by atoms with E-state index in [1.54, 1.807) is 4.68 Å². The third-order valence-corrected chi connectivity index (χ3v) is 3.47. The number of nitrogens with zero attached hydrogens (tertiary/aromatic N) is 3. The predicted molar refractivity (Wildman–Crippen MR) is 79.5 cm³/mol. The lowest BCUT2D eigenvalue weighted by molar-refractivity contribution is 0.0838. The topological polar surface area (TPSA) is 38.1 Å². The van der Waals surface area contributed by atoms with Gasteiger partial charge in [0.15, 0.2) is 5.78 Å². The van der Waals surface area contributed by atoms with Crippen LogP contribution in [0, 0.1) is 0 Å². The van der Waals surface area contributed by atoms with Crippen molar-refractivity contribution < 1.29 is 4.79 Å². The van der Waals surface area contributed by atoms with Gasteiger partial charge >= 0.3 is 0 Å². The van der Waals surface area contributed by atoms with Gasteiger partial charge in [-0.15, -0.1) is 0 Å². The standard InChI is InChI=1S/C16H21N3O/c1-4-15(16(20)14-8-6-5-7-9-14)18(2)11-13-10-17-19(3)12-13/h5-10,12,15H,4,11H2,1-3H3. The van der Waals surface area contributed by atoms with Crippen LogP contribution in [-0.2, 0) is 13.6 Å². The van der Waals surface area contributed by atoms with Gasteiger partial charge in [0.2, 0.25) is 0 Å². The zero-order chi connectivity index (χ0) is 14.5. The Kier molecular flexibility index (Phi) is 4.69. The average molecular weight is 271 g/mol. The van der Waals surface area contributed by atoms with Crippen LogP contribution in [-0.4, -0.2) is 33.6 Å². The van der Waals surface area contributed by atoms with Gasteiger partial charge in [0, 0.05) is 30.9 Å². The van der Waals surface area contributed by atoms with E-state index in [2.05, 4.69) is 10.00 Å². The van der Waals surface area contributed by atoms with Crippen molar-refractivity contribution in [2.45, 2.75) is 25.9 Å². The van der Waals surface area contributed by atoms with Gasteiger partial charge in [0.1, 0.15) is 0 Å². The van der Waals surface area contributed by atoms with Gasteiger partial charge in [-0.2, -0.15) is 5.10 Å². The molecule has 1 aromatic heterocycles. The SMILES string of the molecule is CCC(C(=O)c1ccccc1)N(C)Cc1cnn(C)c1. The first-order valence-corrected chi connectivity index (χ1v) is 6.88. The quantitative estimate of drug-likeness (QED) is 0.758. The number of hydrogen-bond donors (Lipinski definition) is 0. The number of benzene rings is 1. The van der Waals surface area contributed by atoms with Crippen molar-refractivity contribution in [3.63, 3.8) is 0 Å². The molecule has 0 spiro atoms. The van der Waals surface area contributed by atoms with Crippen LogP contribution in [0.2, 0.25) is 0 Å². The molecule has 4 heteroatoms. The van der Waals surface area contributed by atoms with Gasteiger partial charge < -0.3 is 0 Å². The van der Waals surface area contributed by atoms with Gasteiger partial charge in [-0.05, 0) is 13.5 Å². The van der Waals surface area contributed by atoms with Crippen LogP contribution in [0.25, 0.3) is 0 Å². The predicted octanol–water partition coefficient (Wildman–Crippen LogP) is 2.51. The Bertz CT molecular complexity index is 562. The Morgan fingerprint density at radius 1 is 1.35 bits per heavy atom. The molecule has 1 heterocycles. The van der Waals surface area contributed by atoms with Crippen molar-refractivity contribution in [2.75, 3.05) is 7.05 Å². The summed E-state index contributed by atoms with van der Waals surface area (Å²) in [4.78, 5) is 14.6. The lowest BCUT2D eigenvalue weighted by atomic mass is 10.0. The fourth-order valence-corrected chi connectivity index (χ4v) is 2.44. The summed E-state index contributed by atoms with van der Waals surface area (Å²) in [5.74, 6) is 0.180. The number of aromatic nitrogens is 2. The van der Waals surface area contributed by atoms with E-state index in [0.717, 1.165) is 24.1 Å². The van der Waals surface area contributed by atoms with Gasteiger partial charge in [0.25, 0.3) is 0 Å². The van der Waals surface area contributed by atoms with E-state index < -0.39 is 0 Å². The molecule has 1 aromatic carbocycles. The van der Waals surface area contributed by atoms with Crippen LogP contribution in [0.5, 0.6) is 0 Å². The number of likely N-dealkylation sites (N-methyl/N-ethyl adjacent to an activating group) is 1. The Hall–Kier alpha value is -1.94. The van der Waals surface area contributed by atoms with Crippen molar-refractivity contribution in [1.82, 2.24) is 14.7 Å². The summed E-state index contributed by atoms with van der Waals surface area (Å²) in [6.07, 6.45) is 4.62. The highest BCUT2D eigenvalue weighted by Crippen LogP contribution is 2.13. The number of rotatable bonds is 6. The third kappa shape index (κ3) is 3.33. The van der Waals surface area contributed by atoms with Crippen LogP contribution in [0.1, 0.15) is 29.3 Å². The van der Waals surface area contributed by atoms with E-state index in [0.29, 0.717) is 0 Å². The number of aryl methyl sites for hydroxylation is 1. The largest absolute Gasteiger partial charge is 0.292 e. The molecule has 106 valence electrons. The number of Topliss-reactive ketones (excluding diaryl/α,β-unsaturated/α-hetero) is 1. The summed E-state index contributed by atoms with van der Waals surface area (Å²) in [7, 11) is 3.89. The molecular formula is C16H21N3O. The van der Waals surface area contributed by atoms with Gasteiger partial charge in [0.05, 0.1) is 12.2 Å². The van der Waals surface area contributed by atoms with Crippen LogP contribution in [0.4, 0.5) is 0 Å². The molecule has 0 aliphatic carbocycles. The van der Waals surface area contributed by atoms with Crippen LogP contribution in [0.3, 0.4) is 0 Å². The van der Waals surface area contributed by atoms with Gasteiger partial charge in [-0.1, -0.05) is 37.3 Å². The third-order valence-electron chi connectivity index (χ3n) is 3.47. The minimum atomic E-state index is -0.0994. The first-order chi connectivity index (χ1) is 9.61. The maximum absolute atomic E-state index is 12.6. The lowest BCUT2D eigenvalue weighted by Crippen LogP contribution is -2.37. The highest BCUT2D eigenvalue weighted by Gasteiger charge is 2.22. The van der Waals surface area contributed by atoms with Crippen molar-refractivity contribution in [3.8, 4) is 0 Å². The first-order valence-electron chi connectivity index (χ1n) is 6.88. The molecule has 4 nitrogen and oxygen atoms in total. The Morgan fingerprint density at radius 2 is 2.05 bits per heavy atom. The van der Waals surface area contributed by atoms with Crippen molar-refractivity contribution >= 4 is 5.78 Å². The average Bonchev–Trinajstić information content (AvgIpc) is 2.85. The van der Waals surface area contributed by atoms with E-state index >= 15 is 0 Å². The molecule has 1 atom stereocenters. The summed E-state index contributed by atoms with van der Waals surface area (Å²) < 4.78 is 1.78. The second kappa shape index (κ2) is 6.48. The molecule has 0 N–H and O–H groups in total. The molecule has 0 aliphatic rings. The number of carbonyl (C=O) groups is 1. The summed E-state index contributed by atoms with van der Waals surface area (Å²) in [5.41, 5.74) is 1.90. The highest BCUT2D eigenvalue weighted by molar-refractivity contribution is 6.00. The van der Waals surface area contributed by atoms with Crippen molar-refractivity contribution in [1.29, 1.82) is 0 Å². The molecule has 0 aliphatic heterocycles. The maximum atomic E-state index is 12.6. The molecule has 0 saturated carbocycles. The van der Waals surface area contributed by atoms with E-state index in [4.69, 9.17) is 0 Å². The Balaban J connectivity index is 2.09. The minimum Gasteiger partial charge on any atom is -0.292 e. The minimum absolute atomic E-state index is 0.0994. The molecule has 0 saturated heterocycles. The molecular weight excluding hydrogens is 250 g/mol. The molecule has 0 radical (unpaired) electrons. The van der Waals surface area contributed by atoms with E-state index in [-0.39, 0.29) is 11.8 Å². The van der Waals surface area contributed by atoms with Gasteiger partial charge in [-0.25, -0.2) is 0 Å². The molecule has 0 fully saturated rings. The van der Waals surface area contributed by atoms with E-state index in [1.165, 1.54) is 0 Å². The number of hydrogen-bond acceptors (Lipinski definition) is 3. The molecule has 2 aromatic rings. The monoisotopic (exact) mass is 271 g/mol. The van der Waals surface area contributed by atoms with Crippen LogP contribution in [0.15, 0.2) is 42.7 Å². The summed E-state index contributed by atoms with van der Waals surface area (Å²) in [5, 5.41) is 4.16. The molecule has 0 bridgehead atoms. The normalized spacial score (nSPS) is 12.6. The lowest BCUT2D eigenvalue weighted by Gasteiger charge is -2.25. The Morgan fingerprint density at radius 3 is 2.60 bits per heavy atom. The molecule has 1 unspecified atom stereocenters. The fraction of sp³-hybridized carbons (Fsp3) is 0.375. The second-order valence-electron chi connectivity index (χ2n) is 5.09.